The average molecular weight is 263 g/mol. The van der Waals surface area contributed by atoms with Crippen molar-refractivity contribution < 1.29 is 4.74 Å². The average Bonchev–Trinajstić information content (AvgIpc) is 2.40. The monoisotopic (exact) mass is 263 g/mol. The standard InChI is InChI=1S/C15H25N3O/c1-3-19-15-11-14(17-12(2)18-15)16-10-9-13-7-5-4-6-8-13/h11,13H,3-10H2,1-2H3,(H,16,17,18). The number of nitrogens with one attached hydrogen (secondary N) is 1. The van der Waals surface area contributed by atoms with E-state index in [0.717, 1.165) is 24.1 Å². The van der Waals surface area contributed by atoms with Gasteiger partial charge >= 0.3 is 0 Å². The van der Waals surface area contributed by atoms with Crippen LogP contribution in [0.5, 0.6) is 5.88 Å². The van der Waals surface area contributed by atoms with Gasteiger partial charge in [0.25, 0.3) is 0 Å². The van der Waals surface area contributed by atoms with E-state index in [9.17, 15) is 0 Å². The van der Waals surface area contributed by atoms with Crippen LogP contribution in [0.25, 0.3) is 0 Å². The SMILES string of the molecule is CCOc1cc(NCCC2CCCCC2)nc(C)n1. The quantitative estimate of drug-likeness (QED) is 0.852. The lowest BCUT2D eigenvalue weighted by atomic mass is 9.87. The Morgan fingerprint density at radius 3 is 2.79 bits per heavy atom. The van der Waals surface area contributed by atoms with Gasteiger partial charge in [0.2, 0.25) is 5.88 Å². The van der Waals surface area contributed by atoms with Crippen LogP contribution in [-0.4, -0.2) is 23.1 Å². The van der Waals surface area contributed by atoms with E-state index in [4.69, 9.17) is 4.74 Å². The van der Waals surface area contributed by atoms with Crippen LogP contribution in [0.15, 0.2) is 6.07 Å². The first-order chi connectivity index (χ1) is 9.28. The summed E-state index contributed by atoms with van der Waals surface area (Å²) >= 11 is 0. The second kappa shape index (κ2) is 7.31. The molecule has 4 nitrogen and oxygen atoms in total. The highest BCUT2D eigenvalue weighted by atomic mass is 16.5. The van der Waals surface area contributed by atoms with Crippen molar-refractivity contribution in [1.82, 2.24) is 9.97 Å². The number of hydrogen-bond donors (Lipinski definition) is 1. The maximum Gasteiger partial charge on any atom is 0.218 e. The van der Waals surface area contributed by atoms with Gasteiger partial charge in [-0.05, 0) is 26.2 Å². The molecule has 0 saturated heterocycles. The van der Waals surface area contributed by atoms with Crippen LogP contribution in [0.1, 0.15) is 51.3 Å². The number of anilines is 1. The Bertz CT molecular complexity index is 389. The molecule has 1 N–H and O–H groups in total. The lowest BCUT2D eigenvalue weighted by Gasteiger charge is -2.21. The molecule has 2 rings (SSSR count). The molecule has 0 bridgehead atoms. The summed E-state index contributed by atoms with van der Waals surface area (Å²) in [6.45, 7) is 5.49. The summed E-state index contributed by atoms with van der Waals surface area (Å²) in [5.74, 6) is 3.20. The van der Waals surface area contributed by atoms with Crippen LogP contribution in [0.3, 0.4) is 0 Å². The van der Waals surface area contributed by atoms with Crippen molar-refractivity contribution in [3.8, 4) is 5.88 Å². The van der Waals surface area contributed by atoms with Crippen LogP contribution in [0, 0.1) is 12.8 Å². The fraction of sp³-hybridized carbons (Fsp3) is 0.733. The summed E-state index contributed by atoms with van der Waals surface area (Å²) in [5, 5.41) is 3.40. The van der Waals surface area contributed by atoms with Gasteiger partial charge in [0.1, 0.15) is 11.6 Å². The molecule has 0 spiro atoms. The maximum atomic E-state index is 5.43. The third-order valence-electron chi connectivity index (χ3n) is 3.69. The van der Waals surface area contributed by atoms with E-state index in [1.807, 2.05) is 19.9 Å². The zero-order valence-electron chi connectivity index (χ0n) is 12.1. The van der Waals surface area contributed by atoms with E-state index >= 15 is 0 Å². The third-order valence-corrected chi connectivity index (χ3v) is 3.69. The van der Waals surface area contributed by atoms with Crippen molar-refractivity contribution in [3.05, 3.63) is 11.9 Å². The molecule has 1 aliphatic rings. The molecule has 19 heavy (non-hydrogen) atoms. The van der Waals surface area contributed by atoms with Gasteiger partial charge in [0.15, 0.2) is 0 Å². The van der Waals surface area contributed by atoms with Crippen molar-refractivity contribution in [2.45, 2.75) is 52.4 Å². The van der Waals surface area contributed by atoms with Crippen LogP contribution < -0.4 is 10.1 Å². The van der Waals surface area contributed by atoms with Crippen molar-refractivity contribution in [2.75, 3.05) is 18.5 Å². The Hall–Kier alpha value is -1.32. The van der Waals surface area contributed by atoms with Crippen molar-refractivity contribution >= 4 is 5.82 Å². The Labute approximate surface area is 116 Å². The fourth-order valence-electron chi connectivity index (χ4n) is 2.73. The molecule has 0 aromatic carbocycles. The molecule has 0 aliphatic heterocycles. The third kappa shape index (κ3) is 4.69. The van der Waals surface area contributed by atoms with Gasteiger partial charge in [-0.25, -0.2) is 4.98 Å². The zero-order valence-corrected chi connectivity index (χ0v) is 12.1. The largest absolute Gasteiger partial charge is 0.478 e. The highest BCUT2D eigenvalue weighted by Gasteiger charge is 2.12. The normalized spacial score (nSPS) is 16.3. The highest BCUT2D eigenvalue weighted by molar-refractivity contribution is 5.38. The molecule has 1 aromatic rings. The van der Waals surface area contributed by atoms with Gasteiger partial charge in [-0.1, -0.05) is 32.1 Å². The van der Waals surface area contributed by atoms with Crippen LogP contribution >= 0.6 is 0 Å². The Morgan fingerprint density at radius 1 is 1.26 bits per heavy atom. The first kappa shape index (κ1) is 14.1. The number of aryl methyl sites for hydroxylation is 1. The van der Waals surface area contributed by atoms with E-state index in [0.29, 0.717) is 12.5 Å². The van der Waals surface area contributed by atoms with E-state index < -0.39 is 0 Å². The van der Waals surface area contributed by atoms with E-state index in [2.05, 4.69) is 15.3 Å². The van der Waals surface area contributed by atoms with Gasteiger partial charge in [-0.2, -0.15) is 4.98 Å². The summed E-state index contributed by atoms with van der Waals surface area (Å²) in [6, 6.07) is 1.89. The first-order valence-electron chi connectivity index (χ1n) is 7.50. The minimum atomic E-state index is 0.637. The number of nitrogens with zero attached hydrogens (tertiary/aromatic N) is 2. The minimum absolute atomic E-state index is 0.637. The summed E-state index contributed by atoms with van der Waals surface area (Å²) in [7, 11) is 0. The molecule has 0 amide bonds. The molecular weight excluding hydrogens is 238 g/mol. The summed E-state index contributed by atoms with van der Waals surface area (Å²) in [5.41, 5.74) is 0. The number of ether oxygens (including phenoxy) is 1. The Morgan fingerprint density at radius 2 is 2.05 bits per heavy atom. The molecule has 0 unspecified atom stereocenters. The molecule has 0 radical (unpaired) electrons. The predicted molar refractivity (Wildman–Crippen MR) is 77.6 cm³/mol. The lowest BCUT2D eigenvalue weighted by Crippen LogP contribution is -2.13. The van der Waals surface area contributed by atoms with Gasteiger partial charge in [0.05, 0.1) is 6.61 Å². The molecule has 106 valence electrons. The first-order valence-corrected chi connectivity index (χ1v) is 7.50. The summed E-state index contributed by atoms with van der Waals surface area (Å²) in [6.07, 6.45) is 8.28. The van der Waals surface area contributed by atoms with Crippen LogP contribution in [-0.2, 0) is 0 Å². The van der Waals surface area contributed by atoms with Gasteiger partial charge in [0, 0.05) is 12.6 Å². The smallest absolute Gasteiger partial charge is 0.218 e. The zero-order chi connectivity index (χ0) is 13.5. The molecule has 0 atom stereocenters. The molecule has 1 saturated carbocycles. The van der Waals surface area contributed by atoms with Gasteiger partial charge < -0.3 is 10.1 Å². The highest BCUT2D eigenvalue weighted by Crippen LogP contribution is 2.26. The number of rotatable bonds is 6. The number of hydrogen-bond acceptors (Lipinski definition) is 4. The molecule has 1 aliphatic carbocycles. The van der Waals surface area contributed by atoms with Crippen LogP contribution in [0.4, 0.5) is 5.82 Å². The fourth-order valence-corrected chi connectivity index (χ4v) is 2.73. The van der Waals surface area contributed by atoms with Crippen LogP contribution in [0.2, 0.25) is 0 Å². The van der Waals surface area contributed by atoms with Crippen molar-refractivity contribution in [1.29, 1.82) is 0 Å². The van der Waals surface area contributed by atoms with Gasteiger partial charge in [-0.15, -0.1) is 0 Å². The minimum Gasteiger partial charge on any atom is -0.478 e. The molecule has 1 fully saturated rings. The summed E-state index contributed by atoms with van der Waals surface area (Å²) < 4.78 is 5.43. The molecule has 1 heterocycles. The molecular formula is C15H25N3O. The van der Waals surface area contributed by atoms with Crippen molar-refractivity contribution in [2.24, 2.45) is 5.92 Å². The number of aromatic nitrogens is 2. The second-order valence-electron chi connectivity index (χ2n) is 5.29. The van der Waals surface area contributed by atoms with E-state index in [1.54, 1.807) is 0 Å². The second-order valence-corrected chi connectivity index (χ2v) is 5.29. The summed E-state index contributed by atoms with van der Waals surface area (Å²) in [4.78, 5) is 8.64. The van der Waals surface area contributed by atoms with E-state index in [-0.39, 0.29) is 0 Å². The lowest BCUT2D eigenvalue weighted by molar-refractivity contribution is 0.325. The molecule has 1 aromatic heterocycles. The van der Waals surface area contributed by atoms with Gasteiger partial charge in [-0.3, -0.25) is 0 Å². The Balaban J connectivity index is 1.81. The predicted octanol–water partition coefficient (Wildman–Crippen LogP) is 3.57. The maximum absolute atomic E-state index is 5.43. The molecule has 4 heteroatoms. The Kier molecular flexibility index (Phi) is 5.43. The topological polar surface area (TPSA) is 47.0 Å². The van der Waals surface area contributed by atoms with E-state index in [1.165, 1.54) is 38.5 Å². The van der Waals surface area contributed by atoms with Crippen molar-refractivity contribution in [3.63, 3.8) is 0 Å².